The molecule has 4 unspecified atom stereocenters. The molecule has 10 heteroatoms. The summed E-state index contributed by atoms with van der Waals surface area (Å²) in [6, 6.07) is 16.3. The minimum absolute atomic E-state index is 0.0151. The third-order valence-electron chi connectivity index (χ3n) is 4.88. The normalized spacial score (nSPS) is 26.5. The molecule has 0 spiro atoms. The molecule has 0 radical (unpaired) electrons. The van der Waals surface area contributed by atoms with Gasteiger partial charge in [0.15, 0.2) is 5.92 Å². The average Bonchev–Trinajstić information content (AvgIpc) is 3.18. The molecule has 150 valence electrons. The Labute approximate surface area is 166 Å². The predicted octanol–water partition coefficient (Wildman–Crippen LogP) is -0.206. The first-order valence-electron chi connectivity index (χ1n) is 9.04. The van der Waals surface area contributed by atoms with E-state index in [1.807, 2.05) is 47.8 Å². The Morgan fingerprint density at radius 1 is 0.897 bits per heavy atom. The van der Waals surface area contributed by atoms with Crippen LogP contribution in [-0.4, -0.2) is 29.2 Å². The van der Waals surface area contributed by atoms with Gasteiger partial charge in [-0.05, 0) is 23.3 Å². The maximum atomic E-state index is 12.4. The molecule has 2 aliphatic heterocycles. The number of nitrogens with one attached hydrogen (secondary N) is 6. The lowest BCUT2D eigenvalue weighted by atomic mass is 9.95. The van der Waals surface area contributed by atoms with Crippen LogP contribution in [-0.2, 0) is 9.59 Å². The van der Waals surface area contributed by atoms with Gasteiger partial charge in [0.1, 0.15) is 6.23 Å². The summed E-state index contributed by atoms with van der Waals surface area (Å²) in [6.45, 7) is 0. The molecule has 2 heterocycles. The second kappa shape index (κ2) is 7.97. The van der Waals surface area contributed by atoms with Crippen LogP contribution >= 0.6 is 0 Å². The summed E-state index contributed by atoms with van der Waals surface area (Å²) < 4.78 is 0. The number of aliphatic hydroxyl groups is 1. The number of rotatable bonds is 4. The Balaban J connectivity index is 1.45. The van der Waals surface area contributed by atoms with Gasteiger partial charge in [0.2, 0.25) is 11.8 Å². The first kappa shape index (κ1) is 19.0. The van der Waals surface area contributed by atoms with Crippen LogP contribution in [0.5, 0.6) is 0 Å². The molecule has 10 nitrogen and oxygen atoms in total. The van der Waals surface area contributed by atoms with Gasteiger partial charge in [-0.1, -0.05) is 42.5 Å². The first-order valence-corrected chi connectivity index (χ1v) is 9.04. The van der Waals surface area contributed by atoms with E-state index in [-0.39, 0.29) is 12.1 Å². The lowest BCUT2D eigenvalue weighted by Crippen LogP contribution is -2.61. The minimum Gasteiger partial charge on any atom is -0.372 e. The minimum atomic E-state index is -1.58. The molecule has 2 saturated heterocycles. The summed E-state index contributed by atoms with van der Waals surface area (Å²) >= 11 is 0. The van der Waals surface area contributed by atoms with Gasteiger partial charge in [-0.3, -0.25) is 14.9 Å². The summed E-state index contributed by atoms with van der Waals surface area (Å²) in [5.41, 5.74) is 11.9. The summed E-state index contributed by atoms with van der Waals surface area (Å²) in [5, 5.41) is 16.4. The lowest BCUT2D eigenvalue weighted by molar-refractivity contribution is -0.138. The maximum absolute atomic E-state index is 12.4. The molecule has 0 aliphatic carbocycles. The molecule has 0 bridgehead atoms. The van der Waals surface area contributed by atoms with Crippen LogP contribution in [0.25, 0.3) is 0 Å². The largest absolute Gasteiger partial charge is 0.372 e. The highest BCUT2D eigenvalue weighted by Crippen LogP contribution is 2.31. The maximum Gasteiger partial charge on any atom is 0.323 e. The van der Waals surface area contributed by atoms with Crippen molar-refractivity contribution in [2.45, 2.75) is 18.3 Å². The Morgan fingerprint density at radius 2 is 1.52 bits per heavy atom. The summed E-state index contributed by atoms with van der Waals surface area (Å²) in [5.74, 6) is -3.00. The number of anilines is 1. The number of urea groups is 1. The van der Waals surface area contributed by atoms with E-state index in [1.165, 1.54) is 0 Å². The summed E-state index contributed by atoms with van der Waals surface area (Å²) in [7, 11) is 0. The van der Waals surface area contributed by atoms with Gasteiger partial charge in [-0.15, -0.1) is 0 Å². The van der Waals surface area contributed by atoms with Crippen molar-refractivity contribution in [1.29, 1.82) is 0 Å². The highest BCUT2D eigenvalue weighted by Gasteiger charge is 2.39. The number of carbonyl (C=O) groups excluding carboxylic acids is 3. The van der Waals surface area contributed by atoms with Crippen molar-refractivity contribution in [3.05, 3.63) is 65.7 Å². The summed E-state index contributed by atoms with van der Waals surface area (Å²) in [4.78, 5) is 35.3. The predicted molar refractivity (Wildman–Crippen MR) is 103 cm³/mol. The number of carbonyl (C=O) groups is 3. The molecule has 4 amide bonds. The van der Waals surface area contributed by atoms with Crippen molar-refractivity contribution in [2.24, 2.45) is 5.92 Å². The van der Waals surface area contributed by atoms with E-state index in [0.29, 0.717) is 5.69 Å². The number of aliphatic hydroxyl groups excluding tert-OH is 1. The van der Waals surface area contributed by atoms with Crippen LogP contribution < -0.4 is 32.3 Å². The smallest absolute Gasteiger partial charge is 0.323 e. The zero-order valence-electron chi connectivity index (χ0n) is 15.2. The third kappa shape index (κ3) is 3.96. The number of hydrazine groups is 2. The van der Waals surface area contributed by atoms with Gasteiger partial charge in [0, 0.05) is 5.69 Å². The van der Waals surface area contributed by atoms with E-state index in [4.69, 9.17) is 0 Å². The van der Waals surface area contributed by atoms with Crippen molar-refractivity contribution >= 4 is 23.5 Å². The topological polar surface area (TPSA) is 144 Å². The molecule has 2 aromatic carbocycles. The molecular formula is C19H20N6O4. The second-order valence-corrected chi connectivity index (χ2v) is 6.78. The molecule has 0 saturated carbocycles. The Hall–Kier alpha value is -3.31. The molecule has 29 heavy (non-hydrogen) atoms. The number of amides is 4. The van der Waals surface area contributed by atoms with E-state index in [1.54, 1.807) is 12.1 Å². The van der Waals surface area contributed by atoms with Crippen LogP contribution in [0.2, 0.25) is 0 Å². The number of benzene rings is 2. The third-order valence-corrected chi connectivity index (χ3v) is 4.88. The van der Waals surface area contributed by atoms with Crippen LogP contribution in [0.15, 0.2) is 54.6 Å². The average molecular weight is 396 g/mol. The lowest BCUT2D eigenvalue weighted by Gasteiger charge is -2.26. The van der Waals surface area contributed by atoms with Gasteiger partial charge in [0.25, 0.3) is 0 Å². The van der Waals surface area contributed by atoms with Crippen LogP contribution in [0.1, 0.15) is 23.2 Å². The first-order chi connectivity index (χ1) is 14.0. The van der Waals surface area contributed by atoms with Crippen LogP contribution in [0, 0.1) is 5.92 Å². The number of imide groups is 1. The monoisotopic (exact) mass is 396 g/mol. The number of hydrogen-bond acceptors (Lipinski definition) is 7. The van der Waals surface area contributed by atoms with E-state index in [2.05, 4.69) is 27.0 Å². The fraction of sp³-hybridized carbons (Fsp3) is 0.211. The van der Waals surface area contributed by atoms with Crippen molar-refractivity contribution < 1.29 is 19.5 Å². The summed E-state index contributed by atoms with van der Waals surface area (Å²) in [6.07, 6.45) is -1.58. The quantitative estimate of drug-likeness (QED) is 0.355. The van der Waals surface area contributed by atoms with Crippen molar-refractivity contribution in [2.75, 3.05) is 5.32 Å². The molecule has 4 rings (SSSR count). The van der Waals surface area contributed by atoms with Crippen molar-refractivity contribution in [3.63, 3.8) is 0 Å². The highest BCUT2D eigenvalue weighted by molar-refractivity contribution is 6.12. The fourth-order valence-corrected chi connectivity index (χ4v) is 3.42. The Morgan fingerprint density at radius 3 is 2.14 bits per heavy atom. The zero-order valence-corrected chi connectivity index (χ0v) is 15.2. The van der Waals surface area contributed by atoms with E-state index in [9.17, 15) is 19.5 Å². The molecule has 2 fully saturated rings. The van der Waals surface area contributed by atoms with E-state index < -0.39 is 30.0 Å². The highest BCUT2D eigenvalue weighted by atomic mass is 16.3. The van der Waals surface area contributed by atoms with E-state index in [0.717, 1.165) is 11.1 Å². The van der Waals surface area contributed by atoms with Gasteiger partial charge >= 0.3 is 6.03 Å². The molecule has 2 aliphatic rings. The SMILES string of the molecule is O=C1NC(=O)C(C(=O)Nc2ccc(C3NNNC3c3ccccc3)cc2)C(O)N1. The van der Waals surface area contributed by atoms with Gasteiger partial charge in [-0.25, -0.2) is 15.6 Å². The Kier molecular flexibility index (Phi) is 5.23. The van der Waals surface area contributed by atoms with Gasteiger partial charge < -0.3 is 15.7 Å². The molecule has 7 N–H and O–H groups in total. The molecular weight excluding hydrogens is 376 g/mol. The molecule has 0 aromatic heterocycles. The fourth-order valence-electron chi connectivity index (χ4n) is 3.42. The van der Waals surface area contributed by atoms with Crippen molar-refractivity contribution in [3.8, 4) is 0 Å². The standard InChI is InChI=1S/C19H20N6O4/c26-16(13-17(27)21-19(29)22-18(13)28)20-12-8-6-11(7-9-12)15-14(23-25-24-15)10-4-2-1-3-5-10/h1-9,13-15,17,23-25,27H,(H,20,26)(H2,21,22,28,29). The number of hydrogen-bond donors (Lipinski definition) is 7. The van der Waals surface area contributed by atoms with Crippen LogP contribution in [0.3, 0.4) is 0 Å². The molecule has 2 aromatic rings. The van der Waals surface area contributed by atoms with E-state index >= 15 is 0 Å². The zero-order chi connectivity index (χ0) is 20.4. The van der Waals surface area contributed by atoms with Crippen LogP contribution in [0.4, 0.5) is 10.5 Å². The second-order valence-electron chi connectivity index (χ2n) is 6.78. The van der Waals surface area contributed by atoms with Gasteiger partial charge in [0.05, 0.1) is 12.1 Å². The van der Waals surface area contributed by atoms with Gasteiger partial charge in [-0.2, -0.15) is 5.53 Å². The molecule has 4 atom stereocenters. The van der Waals surface area contributed by atoms with Crippen molar-refractivity contribution in [1.82, 2.24) is 27.0 Å². The Bertz CT molecular complexity index is 920.